The molecule has 1 aromatic heterocycles. The summed E-state index contributed by atoms with van der Waals surface area (Å²) < 4.78 is 7.25. The highest BCUT2D eigenvalue weighted by molar-refractivity contribution is 6.43. The van der Waals surface area contributed by atoms with Gasteiger partial charge in [-0.25, -0.2) is 4.98 Å². The summed E-state index contributed by atoms with van der Waals surface area (Å²) in [4.78, 5) is 20.1. The zero-order chi connectivity index (χ0) is 20.9. The minimum Gasteiger partial charge on any atom is -0.376 e. The first-order valence-corrected chi connectivity index (χ1v) is 10.5. The fourth-order valence-corrected chi connectivity index (χ4v) is 4.79. The SMILES string of the molecule is Cc1c(N2CCC3(CC2)CO[C@H](C)C3N)nc(C)n(-c2c#ccc(Cl)c2Cl)c1=O. The molecule has 3 heterocycles. The molecule has 2 aliphatic rings. The van der Waals surface area contributed by atoms with E-state index in [0.29, 0.717) is 34.5 Å². The molecule has 6 nitrogen and oxygen atoms in total. The Morgan fingerprint density at radius 2 is 2.00 bits per heavy atom. The topological polar surface area (TPSA) is 73.4 Å². The molecule has 29 heavy (non-hydrogen) atoms. The van der Waals surface area contributed by atoms with Crippen LogP contribution < -0.4 is 16.2 Å². The highest BCUT2D eigenvalue weighted by atomic mass is 35.5. The monoisotopic (exact) mass is 434 g/mol. The van der Waals surface area contributed by atoms with Crippen LogP contribution in [0.1, 0.15) is 31.2 Å². The minimum absolute atomic E-state index is 0.0208. The molecule has 2 N–H and O–H groups in total. The van der Waals surface area contributed by atoms with E-state index in [-0.39, 0.29) is 28.1 Å². The van der Waals surface area contributed by atoms with Crippen LogP contribution in [0.4, 0.5) is 5.82 Å². The Morgan fingerprint density at radius 3 is 2.62 bits per heavy atom. The lowest BCUT2D eigenvalue weighted by Gasteiger charge is -2.42. The van der Waals surface area contributed by atoms with Crippen molar-refractivity contribution in [3.63, 3.8) is 0 Å². The molecule has 1 spiro atoms. The van der Waals surface area contributed by atoms with Gasteiger partial charge in [0.2, 0.25) is 0 Å². The maximum Gasteiger partial charge on any atom is 0.263 e. The van der Waals surface area contributed by atoms with Gasteiger partial charge < -0.3 is 15.4 Å². The third-order valence-corrected chi connectivity index (χ3v) is 7.16. The fraction of sp³-hybridized carbons (Fsp3) is 0.524. The van der Waals surface area contributed by atoms with E-state index in [0.717, 1.165) is 25.9 Å². The average molecular weight is 435 g/mol. The van der Waals surface area contributed by atoms with Gasteiger partial charge in [-0.2, -0.15) is 0 Å². The Balaban J connectivity index is 1.66. The summed E-state index contributed by atoms with van der Waals surface area (Å²) in [5.74, 6) is 1.24. The first-order chi connectivity index (χ1) is 13.7. The molecule has 0 aliphatic carbocycles. The number of piperidine rings is 1. The highest BCUT2D eigenvalue weighted by Crippen LogP contribution is 2.42. The predicted octanol–water partition coefficient (Wildman–Crippen LogP) is 3.09. The third kappa shape index (κ3) is 3.30. The maximum absolute atomic E-state index is 13.2. The summed E-state index contributed by atoms with van der Waals surface area (Å²) in [6.07, 6.45) is 1.93. The number of hydrogen-bond donors (Lipinski definition) is 1. The van der Waals surface area contributed by atoms with E-state index >= 15 is 0 Å². The fourth-order valence-electron chi connectivity index (χ4n) is 4.46. The summed E-state index contributed by atoms with van der Waals surface area (Å²) in [6, 6.07) is 7.24. The van der Waals surface area contributed by atoms with Crippen molar-refractivity contribution in [2.24, 2.45) is 11.1 Å². The summed E-state index contributed by atoms with van der Waals surface area (Å²) in [7, 11) is 0. The van der Waals surface area contributed by atoms with Gasteiger partial charge in [0.25, 0.3) is 5.56 Å². The molecule has 2 aromatic rings. The minimum atomic E-state index is -0.184. The Morgan fingerprint density at radius 1 is 1.31 bits per heavy atom. The molecule has 0 amide bonds. The van der Waals surface area contributed by atoms with E-state index in [9.17, 15) is 4.79 Å². The standard InChI is InChI=1S/C21H24Cl2N4O2/c1-12-19(26-9-7-21(8-10-26)11-29-13(2)18(21)24)25-14(3)27(20(12)28)16-6-4-5-15(22)17(16)23/h5,13,18H,7-11,24H2,1-3H3/t13-,18?/m1/s1. The number of aryl methyl sites for hydroxylation is 1. The van der Waals surface area contributed by atoms with Gasteiger partial charge in [-0.05, 0) is 39.7 Å². The van der Waals surface area contributed by atoms with Crippen molar-refractivity contribution in [2.75, 3.05) is 24.6 Å². The summed E-state index contributed by atoms with van der Waals surface area (Å²) >= 11 is 12.4. The Labute approximate surface area is 180 Å². The number of hydrogen-bond acceptors (Lipinski definition) is 5. The highest BCUT2D eigenvalue weighted by Gasteiger charge is 2.47. The third-order valence-electron chi connectivity index (χ3n) is 6.39. The first kappa shape index (κ1) is 20.5. The maximum atomic E-state index is 13.2. The van der Waals surface area contributed by atoms with E-state index in [1.54, 1.807) is 13.8 Å². The summed E-state index contributed by atoms with van der Waals surface area (Å²) in [5.41, 5.74) is 7.19. The zero-order valence-corrected chi connectivity index (χ0v) is 18.3. The number of nitrogens with zero attached hydrogens (tertiary/aromatic N) is 3. The molecule has 1 aromatic carbocycles. The van der Waals surface area contributed by atoms with E-state index < -0.39 is 0 Å². The molecule has 4 rings (SSSR count). The normalized spacial score (nSPS) is 23.4. The molecule has 8 heteroatoms. The van der Waals surface area contributed by atoms with Crippen LogP contribution in [0.15, 0.2) is 10.9 Å². The molecular formula is C21H24Cl2N4O2. The molecule has 2 aliphatic heterocycles. The van der Waals surface area contributed by atoms with Crippen molar-refractivity contribution in [2.45, 2.75) is 45.8 Å². The van der Waals surface area contributed by atoms with Gasteiger partial charge in [-0.3, -0.25) is 9.36 Å². The van der Waals surface area contributed by atoms with Crippen molar-refractivity contribution in [3.8, 4) is 5.69 Å². The lowest BCUT2D eigenvalue weighted by atomic mass is 9.73. The van der Waals surface area contributed by atoms with Gasteiger partial charge in [-0.15, -0.1) is 0 Å². The van der Waals surface area contributed by atoms with Crippen molar-refractivity contribution in [1.29, 1.82) is 0 Å². The number of anilines is 1. The Hall–Kier alpha value is -1.78. The second kappa shape index (κ2) is 7.48. The van der Waals surface area contributed by atoms with E-state index in [1.165, 1.54) is 10.6 Å². The van der Waals surface area contributed by atoms with Crippen LogP contribution in [0.3, 0.4) is 0 Å². The summed E-state index contributed by atoms with van der Waals surface area (Å²) in [5, 5.41) is 0.577. The lowest BCUT2D eigenvalue weighted by molar-refractivity contribution is 0.0974. The van der Waals surface area contributed by atoms with Crippen molar-refractivity contribution >= 4 is 29.0 Å². The van der Waals surface area contributed by atoms with Gasteiger partial charge in [0.15, 0.2) is 0 Å². The second-order valence-electron chi connectivity index (χ2n) is 8.06. The number of nitrogens with two attached hydrogens (primary N) is 1. The van der Waals surface area contributed by atoms with Gasteiger partial charge in [0, 0.05) is 30.6 Å². The van der Waals surface area contributed by atoms with Gasteiger partial charge in [0.05, 0.1) is 28.3 Å². The zero-order valence-electron chi connectivity index (χ0n) is 16.8. The molecule has 2 fully saturated rings. The van der Waals surface area contributed by atoms with Crippen molar-refractivity contribution in [3.05, 3.63) is 50.0 Å². The molecule has 0 radical (unpaired) electrons. The van der Waals surface area contributed by atoms with Crippen LogP contribution in [0, 0.1) is 31.4 Å². The van der Waals surface area contributed by atoms with Crippen LogP contribution in [-0.2, 0) is 4.74 Å². The largest absolute Gasteiger partial charge is 0.376 e. The smallest absolute Gasteiger partial charge is 0.263 e. The van der Waals surface area contributed by atoms with Crippen LogP contribution in [0.2, 0.25) is 10.0 Å². The number of rotatable bonds is 2. The summed E-state index contributed by atoms with van der Waals surface area (Å²) in [6.45, 7) is 7.89. The second-order valence-corrected chi connectivity index (χ2v) is 8.85. The average Bonchev–Trinajstić information content (AvgIpc) is 2.97. The van der Waals surface area contributed by atoms with Crippen LogP contribution in [-0.4, -0.2) is 41.4 Å². The molecular weight excluding hydrogens is 411 g/mol. The first-order valence-electron chi connectivity index (χ1n) is 9.75. The van der Waals surface area contributed by atoms with Gasteiger partial charge in [-0.1, -0.05) is 29.3 Å². The molecule has 154 valence electrons. The number of aromatic nitrogens is 2. The lowest BCUT2D eigenvalue weighted by Crippen LogP contribution is -2.51. The predicted molar refractivity (Wildman–Crippen MR) is 114 cm³/mol. The van der Waals surface area contributed by atoms with Crippen molar-refractivity contribution in [1.82, 2.24) is 9.55 Å². The number of ether oxygens (including phenoxy) is 1. The Bertz CT molecular complexity index is 999. The molecule has 0 bridgehead atoms. The molecule has 0 saturated carbocycles. The molecule has 2 atom stereocenters. The van der Waals surface area contributed by atoms with Crippen LogP contribution in [0.5, 0.6) is 0 Å². The van der Waals surface area contributed by atoms with Crippen LogP contribution >= 0.6 is 23.2 Å². The molecule has 2 saturated heterocycles. The van der Waals surface area contributed by atoms with Crippen LogP contribution in [0.25, 0.3) is 5.69 Å². The molecule has 1 unspecified atom stereocenters. The number of halogens is 2. The van der Waals surface area contributed by atoms with Gasteiger partial charge >= 0.3 is 0 Å². The van der Waals surface area contributed by atoms with E-state index in [2.05, 4.69) is 17.0 Å². The van der Waals surface area contributed by atoms with E-state index in [1.807, 2.05) is 6.92 Å². The van der Waals surface area contributed by atoms with E-state index in [4.69, 9.17) is 38.7 Å². The quantitative estimate of drug-likeness (QED) is 0.785. The van der Waals surface area contributed by atoms with Gasteiger partial charge in [0.1, 0.15) is 17.3 Å². The Kier molecular flexibility index (Phi) is 5.28. The van der Waals surface area contributed by atoms with Crippen molar-refractivity contribution < 1.29 is 4.74 Å².